The van der Waals surface area contributed by atoms with Crippen LogP contribution in [0.15, 0.2) is 18.2 Å². The largest absolute Gasteiger partial charge is 0.494 e. The standard InChI is InChI=1S/C13H14O4/c1-3-16-10-5-4-9-7-13(2,8-14)17-12(15)11(9)6-10/h4-6,8H,3,7H2,1-2H3. The first-order valence-electron chi connectivity index (χ1n) is 5.53. The number of benzene rings is 1. The zero-order chi connectivity index (χ0) is 12.5. The number of rotatable bonds is 3. The van der Waals surface area contributed by atoms with Crippen LogP contribution >= 0.6 is 0 Å². The molecule has 4 heteroatoms. The number of aldehydes is 1. The molecular formula is C13H14O4. The molecule has 2 rings (SSSR count). The van der Waals surface area contributed by atoms with Gasteiger partial charge in [-0.2, -0.15) is 0 Å². The lowest BCUT2D eigenvalue weighted by Gasteiger charge is -2.29. The molecule has 90 valence electrons. The van der Waals surface area contributed by atoms with Gasteiger partial charge in [-0.1, -0.05) is 6.07 Å². The summed E-state index contributed by atoms with van der Waals surface area (Å²) < 4.78 is 10.4. The Morgan fingerprint density at radius 2 is 2.29 bits per heavy atom. The zero-order valence-corrected chi connectivity index (χ0v) is 9.86. The summed E-state index contributed by atoms with van der Waals surface area (Å²) in [6, 6.07) is 5.26. The Hall–Kier alpha value is -1.84. The van der Waals surface area contributed by atoms with Crippen LogP contribution in [0.2, 0.25) is 0 Å². The third-order valence-corrected chi connectivity index (χ3v) is 2.73. The molecule has 0 amide bonds. The van der Waals surface area contributed by atoms with Crippen LogP contribution in [0.4, 0.5) is 0 Å². The van der Waals surface area contributed by atoms with Crippen LogP contribution in [0.3, 0.4) is 0 Å². The van der Waals surface area contributed by atoms with E-state index in [1.54, 1.807) is 19.1 Å². The monoisotopic (exact) mass is 234 g/mol. The smallest absolute Gasteiger partial charge is 0.339 e. The van der Waals surface area contributed by atoms with Gasteiger partial charge in [-0.15, -0.1) is 0 Å². The molecular weight excluding hydrogens is 220 g/mol. The molecule has 4 nitrogen and oxygen atoms in total. The molecule has 0 saturated carbocycles. The lowest BCUT2D eigenvalue weighted by molar-refractivity contribution is -0.124. The van der Waals surface area contributed by atoms with Gasteiger partial charge in [0, 0.05) is 6.42 Å². The second-order valence-electron chi connectivity index (χ2n) is 4.25. The zero-order valence-electron chi connectivity index (χ0n) is 9.86. The Labute approximate surface area is 99.5 Å². The molecule has 1 aliphatic rings. The number of esters is 1. The Morgan fingerprint density at radius 3 is 2.94 bits per heavy atom. The molecule has 0 N–H and O–H groups in total. The van der Waals surface area contributed by atoms with E-state index in [1.807, 2.05) is 13.0 Å². The third kappa shape index (κ3) is 2.16. The van der Waals surface area contributed by atoms with Crippen molar-refractivity contribution in [2.24, 2.45) is 0 Å². The molecule has 1 heterocycles. The maximum absolute atomic E-state index is 11.8. The van der Waals surface area contributed by atoms with E-state index in [9.17, 15) is 9.59 Å². The highest BCUT2D eigenvalue weighted by molar-refractivity contribution is 5.94. The summed E-state index contributed by atoms with van der Waals surface area (Å²) in [7, 11) is 0. The summed E-state index contributed by atoms with van der Waals surface area (Å²) in [5.41, 5.74) is 0.256. The second-order valence-corrected chi connectivity index (χ2v) is 4.25. The second kappa shape index (κ2) is 4.20. The highest BCUT2D eigenvalue weighted by Crippen LogP contribution is 2.29. The maximum Gasteiger partial charge on any atom is 0.339 e. The van der Waals surface area contributed by atoms with E-state index in [1.165, 1.54) is 0 Å². The van der Waals surface area contributed by atoms with Gasteiger partial charge in [-0.05, 0) is 31.5 Å². The predicted octanol–water partition coefficient (Wildman–Crippen LogP) is 1.76. The minimum Gasteiger partial charge on any atom is -0.494 e. The van der Waals surface area contributed by atoms with Crippen molar-refractivity contribution in [1.29, 1.82) is 0 Å². The molecule has 1 unspecified atom stereocenters. The number of hydrogen-bond acceptors (Lipinski definition) is 4. The lowest BCUT2D eigenvalue weighted by atomic mass is 9.91. The first kappa shape index (κ1) is 11.6. The SMILES string of the molecule is CCOc1ccc2c(c1)C(=O)OC(C)(C=O)C2. The van der Waals surface area contributed by atoms with Crippen LogP contribution < -0.4 is 4.74 Å². The van der Waals surface area contributed by atoms with Crippen molar-refractivity contribution in [3.8, 4) is 5.75 Å². The van der Waals surface area contributed by atoms with Gasteiger partial charge in [-0.3, -0.25) is 4.79 Å². The van der Waals surface area contributed by atoms with E-state index in [4.69, 9.17) is 9.47 Å². The highest BCUT2D eigenvalue weighted by atomic mass is 16.6. The molecule has 1 aromatic carbocycles. The van der Waals surface area contributed by atoms with Gasteiger partial charge < -0.3 is 9.47 Å². The average Bonchev–Trinajstić information content (AvgIpc) is 2.30. The molecule has 0 fully saturated rings. The van der Waals surface area contributed by atoms with Crippen LogP contribution in [-0.2, 0) is 16.0 Å². The molecule has 0 bridgehead atoms. The molecule has 0 aliphatic carbocycles. The molecule has 17 heavy (non-hydrogen) atoms. The van der Waals surface area contributed by atoms with Crippen LogP contribution in [-0.4, -0.2) is 24.5 Å². The summed E-state index contributed by atoms with van der Waals surface area (Å²) in [6.07, 6.45) is 1.08. The van der Waals surface area contributed by atoms with Gasteiger partial charge in [0.15, 0.2) is 11.9 Å². The van der Waals surface area contributed by atoms with Gasteiger partial charge in [-0.25, -0.2) is 4.79 Å². The van der Waals surface area contributed by atoms with E-state index in [2.05, 4.69) is 0 Å². The number of hydrogen-bond donors (Lipinski definition) is 0. The van der Waals surface area contributed by atoms with Crippen molar-refractivity contribution in [1.82, 2.24) is 0 Å². The number of carbonyl (C=O) groups excluding carboxylic acids is 2. The Bertz CT molecular complexity index is 466. The van der Waals surface area contributed by atoms with Gasteiger partial charge in [0.25, 0.3) is 0 Å². The van der Waals surface area contributed by atoms with Crippen LogP contribution in [0.5, 0.6) is 5.75 Å². The van der Waals surface area contributed by atoms with Crippen molar-refractivity contribution >= 4 is 12.3 Å². The first-order chi connectivity index (χ1) is 8.08. The Balaban J connectivity index is 2.38. The summed E-state index contributed by atoms with van der Waals surface area (Å²) in [6.45, 7) is 4.03. The van der Waals surface area contributed by atoms with Crippen LogP contribution in [0.1, 0.15) is 29.8 Å². The minimum atomic E-state index is -1.04. The minimum absolute atomic E-state index is 0.407. The van der Waals surface area contributed by atoms with Gasteiger partial charge in [0.1, 0.15) is 5.75 Å². The number of cyclic esters (lactones) is 1. The van der Waals surface area contributed by atoms with E-state index < -0.39 is 11.6 Å². The predicted molar refractivity (Wildman–Crippen MR) is 61.2 cm³/mol. The number of carbonyl (C=O) groups is 2. The fraction of sp³-hybridized carbons (Fsp3) is 0.385. The Morgan fingerprint density at radius 1 is 1.53 bits per heavy atom. The average molecular weight is 234 g/mol. The van der Waals surface area contributed by atoms with Crippen molar-refractivity contribution in [3.05, 3.63) is 29.3 Å². The fourth-order valence-corrected chi connectivity index (χ4v) is 1.90. The quantitative estimate of drug-likeness (QED) is 0.590. The van der Waals surface area contributed by atoms with Gasteiger partial charge in [0.2, 0.25) is 0 Å². The van der Waals surface area contributed by atoms with Crippen molar-refractivity contribution < 1.29 is 19.1 Å². The lowest BCUT2D eigenvalue weighted by Crippen LogP contribution is -2.40. The van der Waals surface area contributed by atoms with Gasteiger partial charge in [0.05, 0.1) is 12.2 Å². The van der Waals surface area contributed by atoms with Gasteiger partial charge >= 0.3 is 5.97 Å². The highest BCUT2D eigenvalue weighted by Gasteiger charge is 2.36. The molecule has 0 spiro atoms. The van der Waals surface area contributed by atoms with Crippen molar-refractivity contribution in [2.45, 2.75) is 25.9 Å². The molecule has 1 aliphatic heterocycles. The fourth-order valence-electron chi connectivity index (χ4n) is 1.90. The van der Waals surface area contributed by atoms with E-state index in [0.29, 0.717) is 30.6 Å². The molecule has 0 aromatic heterocycles. The molecule has 1 atom stereocenters. The summed E-state index contributed by atoms with van der Waals surface area (Å²) in [5, 5.41) is 0. The summed E-state index contributed by atoms with van der Waals surface area (Å²) in [4.78, 5) is 22.7. The van der Waals surface area contributed by atoms with Crippen LogP contribution in [0, 0.1) is 0 Å². The number of ether oxygens (including phenoxy) is 2. The molecule has 0 radical (unpaired) electrons. The van der Waals surface area contributed by atoms with E-state index in [0.717, 1.165) is 5.56 Å². The number of fused-ring (bicyclic) bond motifs is 1. The van der Waals surface area contributed by atoms with Crippen LogP contribution in [0.25, 0.3) is 0 Å². The van der Waals surface area contributed by atoms with Crippen molar-refractivity contribution in [2.75, 3.05) is 6.61 Å². The maximum atomic E-state index is 11.8. The van der Waals surface area contributed by atoms with E-state index in [-0.39, 0.29) is 0 Å². The first-order valence-corrected chi connectivity index (χ1v) is 5.53. The molecule has 0 saturated heterocycles. The van der Waals surface area contributed by atoms with Crippen molar-refractivity contribution in [3.63, 3.8) is 0 Å². The molecule has 1 aromatic rings. The Kier molecular flexibility index (Phi) is 2.88. The third-order valence-electron chi connectivity index (χ3n) is 2.73. The summed E-state index contributed by atoms with van der Waals surface area (Å²) >= 11 is 0. The summed E-state index contributed by atoms with van der Waals surface area (Å²) in [5.74, 6) is 0.167. The van der Waals surface area contributed by atoms with E-state index >= 15 is 0 Å². The normalized spacial score (nSPS) is 22.6. The topological polar surface area (TPSA) is 52.6 Å².